The molecule has 0 radical (unpaired) electrons. The molecule has 1 fully saturated rings. The minimum absolute atomic E-state index is 0.533. The van der Waals surface area contributed by atoms with Crippen LogP contribution in [0.4, 0.5) is 0 Å². The molecule has 0 aromatic rings. The molecule has 16 heavy (non-hydrogen) atoms. The Morgan fingerprint density at radius 3 is 1.44 bits per heavy atom. The third-order valence-corrected chi connectivity index (χ3v) is 3.88. The highest BCUT2D eigenvalue weighted by molar-refractivity contribution is 6.41. The number of hydrogen-bond donors (Lipinski definition) is 0. The van der Waals surface area contributed by atoms with Crippen molar-refractivity contribution in [3.63, 3.8) is 0 Å². The first-order valence-electron chi connectivity index (χ1n) is 7.58. The van der Waals surface area contributed by atoms with Crippen LogP contribution in [0, 0.1) is 0 Å². The highest BCUT2D eigenvalue weighted by Crippen LogP contribution is 2.33. The first kappa shape index (κ1) is 14.1. The summed E-state index contributed by atoms with van der Waals surface area (Å²) in [6.07, 6.45) is 14.9. The Labute approximate surface area is 104 Å². The maximum atomic E-state index is 2.40. The second kappa shape index (κ2) is 7.40. The molecule has 0 aromatic heterocycles. The van der Waals surface area contributed by atoms with Gasteiger partial charge in [-0.2, -0.15) is 0 Å². The van der Waals surface area contributed by atoms with E-state index in [0.29, 0.717) is 5.31 Å². The topological polar surface area (TPSA) is 0 Å². The van der Waals surface area contributed by atoms with Gasteiger partial charge in [0.15, 0.2) is 0 Å². The summed E-state index contributed by atoms with van der Waals surface area (Å²) < 4.78 is 0. The fraction of sp³-hybridized carbons (Fsp3) is 1.00. The molecule has 0 heterocycles. The molecule has 1 rings (SSSR count). The maximum Gasteiger partial charge on any atom is 0.130 e. The molecule has 0 aromatic carbocycles. The number of hydrogen-bond acceptors (Lipinski definition) is 0. The Kier molecular flexibility index (Phi) is 6.54. The lowest BCUT2D eigenvalue weighted by molar-refractivity contribution is 0.566. The van der Waals surface area contributed by atoms with Gasteiger partial charge in [-0.05, 0) is 0 Å². The molecule has 94 valence electrons. The summed E-state index contributed by atoms with van der Waals surface area (Å²) in [5, 5.41) is 0.533. The summed E-state index contributed by atoms with van der Waals surface area (Å²) in [7, 11) is 1.44. The van der Waals surface area contributed by atoms with Crippen molar-refractivity contribution < 1.29 is 0 Å². The van der Waals surface area contributed by atoms with Gasteiger partial charge in [0, 0.05) is 0 Å². The molecule has 0 saturated heterocycles. The molecule has 1 aliphatic carbocycles. The second-order valence-electron chi connectivity index (χ2n) is 7.04. The summed E-state index contributed by atoms with van der Waals surface area (Å²) in [6.45, 7) is 7.20. The van der Waals surface area contributed by atoms with Crippen LogP contribution >= 0.6 is 0 Å². The van der Waals surface area contributed by atoms with Crippen LogP contribution in [-0.4, -0.2) is 7.28 Å². The Bertz CT molecular complexity index is 157. The third kappa shape index (κ3) is 7.36. The van der Waals surface area contributed by atoms with E-state index in [9.17, 15) is 0 Å². The normalized spacial score (nSPS) is 22.4. The molecule has 0 aliphatic heterocycles. The van der Waals surface area contributed by atoms with Crippen LogP contribution in [0.15, 0.2) is 0 Å². The molecule has 0 N–H and O–H groups in total. The van der Waals surface area contributed by atoms with Crippen LogP contribution in [0.1, 0.15) is 85.0 Å². The molecule has 1 heteroatoms. The van der Waals surface area contributed by atoms with E-state index in [4.69, 9.17) is 0 Å². The van der Waals surface area contributed by atoms with Gasteiger partial charge < -0.3 is 0 Å². The average molecular weight is 222 g/mol. The van der Waals surface area contributed by atoms with Gasteiger partial charge in [0.05, 0.1) is 0 Å². The Balaban J connectivity index is 2.33. The van der Waals surface area contributed by atoms with Crippen molar-refractivity contribution in [2.75, 3.05) is 0 Å². The summed E-state index contributed by atoms with van der Waals surface area (Å²) in [5.74, 6) is 1.01. The number of rotatable bonds is 1. The maximum absolute atomic E-state index is 2.40. The molecule has 1 saturated carbocycles. The molecule has 0 unspecified atom stereocenters. The Hall–Kier alpha value is 0.0649. The van der Waals surface area contributed by atoms with Crippen molar-refractivity contribution in [1.29, 1.82) is 0 Å². The minimum atomic E-state index is 0.533. The van der Waals surface area contributed by atoms with E-state index in [1.54, 1.807) is 0 Å². The fourth-order valence-corrected chi connectivity index (χ4v) is 3.14. The highest BCUT2D eigenvalue weighted by Gasteiger charge is 2.20. The van der Waals surface area contributed by atoms with Crippen LogP contribution in [0.2, 0.25) is 11.1 Å². The zero-order chi connectivity index (χ0) is 11.9. The van der Waals surface area contributed by atoms with Crippen molar-refractivity contribution >= 4 is 7.28 Å². The van der Waals surface area contributed by atoms with Crippen LogP contribution in [-0.2, 0) is 0 Å². The van der Waals surface area contributed by atoms with E-state index in [2.05, 4.69) is 20.8 Å². The van der Waals surface area contributed by atoms with Gasteiger partial charge in [0.2, 0.25) is 0 Å². The molecular formula is C15H31B. The third-order valence-electron chi connectivity index (χ3n) is 3.88. The van der Waals surface area contributed by atoms with Gasteiger partial charge in [0.25, 0.3) is 0 Å². The van der Waals surface area contributed by atoms with E-state index in [1.807, 2.05) is 0 Å². The lowest BCUT2D eigenvalue weighted by atomic mass is 9.46. The average Bonchev–Trinajstić information content (AvgIpc) is 2.22. The summed E-state index contributed by atoms with van der Waals surface area (Å²) in [4.78, 5) is 0. The highest BCUT2D eigenvalue weighted by atomic mass is 14.1. The molecule has 0 amide bonds. The molecule has 0 bridgehead atoms. The molecule has 0 atom stereocenters. The Morgan fingerprint density at radius 1 is 0.688 bits per heavy atom. The van der Waals surface area contributed by atoms with Crippen LogP contribution in [0.25, 0.3) is 0 Å². The summed E-state index contributed by atoms with van der Waals surface area (Å²) >= 11 is 0. The summed E-state index contributed by atoms with van der Waals surface area (Å²) in [5.41, 5.74) is 0. The van der Waals surface area contributed by atoms with Crippen LogP contribution in [0.5, 0.6) is 0 Å². The van der Waals surface area contributed by atoms with Crippen molar-refractivity contribution in [3.8, 4) is 0 Å². The monoisotopic (exact) mass is 222 g/mol. The predicted molar refractivity (Wildman–Crippen MR) is 76.8 cm³/mol. The SMILES string of the molecule is CC(C)(C)BC1CCCCCCCCCC1. The van der Waals surface area contributed by atoms with Gasteiger partial charge in [-0.3, -0.25) is 0 Å². The van der Waals surface area contributed by atoms with Crippen LogP contribution < -0.4 is 0 Å². The van der Waals surface area contributed by atoms with Gasteiger partial charge in [-0.1, -0.05) is 96.1 Å². The van der Waals surface area contributed by atoms with E-state index in [0.717, 1.165) is 5.82 Å². The van der Waals surface area contributed by atoms with E-state index < -0.39 is 0 Å². The molecule has 0 nitrogen and oxygen atoms in total. The largest absolute Gasteiger partial charge is 0.130 e. The Morgan fingerprint density at radius 2 is 1.06 bits per heavy atom. The zero-order valence-electron chi connectivity index (χ0n) is 11.9. The van der Waals surface area contributed by atoms with E-state index >= 15 is 0 Å². The van der Waals surface area contributed by atoms with Crippen molar-refractivity contribution in [2.24, 2.45) is 0 Å². The van der Waals surface area contributed by atoms with Crippen molar-refractivity contribution in [2.45, 2.75) is 96.1 Å². The van der Waals surface area contributed by atoms with Gasteiger partial charge in [-0.25, -0.2) is 0 Å². The van der Waals surface area contributed by atoms with Gasteiger partial charge >= 0.3 is 0 Å². The minimum Gasteiger partial charge on any atom is -0.0671 e. The first-order valence-corrected chi connectivity index (χ1v) is 7.58. The van der Waals surface area contributed by atoms with E-state index in [-0.39, 0.29) is 0 Å². The summed E-state index contributed by atoms with van der Waals surface area (Å²) in [6, 6.07) is 0. The quantitative estimate of drug-likeness (QED) is 0.525. The lowest BCUT2D eigenvalue weighted by Gasteiger charge is -2.24. The lowest BCUT2D eigenvalue weighted by Crippen LogP contribution is -2.15. The van der Waals surface area contributed by atoms with E-state index in [1.165, 1.54) is 71.5 Å². The molecule has 0 spiro atoms. The molecular weight excluding hydrogens is 191 g/mol. The second-order valence-corrected chi connectivity index (χ2v) is 7.04. The predicted octanol–water partition coefficient (Wildman–Crippen LogP) is 5.34. The van der Waals surface area contributed by atoms with Gasteiger partial charge in [-0.15, -0.1) is 0 Å². The van der Waals surface area contributed by atoms with Crippen molar-refractivity contribution in [3.05, 3.63) is 0 Å². The zero-order valence-corrected chi connectivity index (χ0v) is 11.9. The standard InChI is InChI=1S/C15H31B/c1-15(2,3)16-14-12-10-8-6-4-5-7-9-11-13-14/h14,16H,4-13H2,1-3H3. The van der Waals surface area contributed by atoms with Crippen molar-refractivity contribution in [1.82, 2.24) is 0 Å². The smallest absolute Gasteiger partial charge is 0.0671 e. The first-order chi connectivity index (χ1) is 7.58. The fourth-order valence-electron chi connectivity index (χ4n) is 3.14. The van der Waals surface area contributed by atoms with Crippen LogP contribution in [0.3, 0.4) is 0 Å². The van der Waals surface area contributed by atoms with Gasteiger partial charge in [0.1, 0.15) is 7.28 Å². The molecule has 1 aliphatic rings.